The van der Waals surface area contributed by atoms with Crippen molar-refractivity contribution in [3.63, 3.8) is 0 Å². The lowest BCUT2D eigenvalue weighted by atomic mass is 10.1. The van der Waals surface area contributed by atoms with Gasteiger partial charge in [0.1, 0.15) is 6.54 Å². The second-order valence-corrected chi connectivity index (χ2v) is 7.77. The van der Waals surface area contributed by atoms with E-state index in [4.69, 9.17) is 4.74 Å². The average Bonchev–Trinajstić information content (AvgIpc) is 3.12. The summed E-state index contributed by atoms with van der Waals surface area (Å²) in [6.07, 6.45) is -0.177. The summed E-state index contributed by atoms with van der Waals surface area (Å²) in [5.74, 6) is -1.30. The number of ether oxygens (including phenoxy) is 1. The van der Waals surface area contributed by atoms with Crippen molar-refractivity contribution in [2.45, 2.75) is 32.4 Å². The molecule has 3 aromatic carbocycles. The van der Waals surface area contributed by atoms with Gasteiger partial charge >= 0.3 is 5.97 Å². The number of para-hydroxylation sites is 1. The Balaban J connectivity index is 1.34. The molecule has 2 atom stereocenters. The van der Waals surface area contributed by atoms with Crippen molar-refractivity contribution in [3.8, 4) is 0 Å². The topological polar surface area (TPSA) is 75.7 Å². The molecule has 1 aliphatic rings. The summed E-state index contributed by atoms with van der Waals surface area (Å²) in [7, 11) is 0. The number of carbonyl (C=O) groups is 3. The molecule has 0 saturated heterocycles. The van der Waals surface area contributed by atoms with Gasteiger partial charge in [-0.2, -0.15) is 0 Å². The molecule has 158 valence electrons. The largest absolute Gasteiger partial charge is 0.451 e. The lowest BCUT2D eigenvalue weighted by Crippen LogP contribution is -2.44. The van der Waals surface area contributed by atoms with E-state index in [-0.39, 0.29) is 24.4 Å². The molecule has 3 aromatic rings. The van der Waals surface area contributed by atoms with E-state index in [0.717, 1.165) is 28.4 Å². The van der Waals surface area contributed by atoms with Gasteiger partial charge in [-0.15, -0.1) is 0 Å². The van der Waals surface area contributed by atoms with Crippen LogP contribution < -0.4 is 10.2 Å². The van der Waals surface area contributed by atoms with Crippen LogP contribution in [0.25, 0.3) is 10.8 Å². The van der Waals surface area contributed by atoms with Crippen molar-refractivity contribution in [1.82, 2.24) is 5.32 Å². The molecule has 0 saturated carbocycles. The number of carbonyl (C=O) groups excluding carboxylic acids is 3. The molecule has 1 aliphatic heterocycles. The van der Waals surface area contributed by atoms with Gasteiger partial charge in [-0.25, -0.2) is 0 Å². The summed E-state index contributed by atoms with van der Waals surface area (Å²) in [6.45, 7) is 3.21. The number of benzene rings is 3. The molecular formula is C25H24N2O4. The van der Waals surface area contributed by atoms with Gasteiger partial charge in [0.2, 0.25) is 0 Å². The molecule has 0 fully saturated rings. The molecule has 6 heteroatoms. The zero-order valence-electron chi connectivity index (χ0n) is 17.5. The number of rotatable bonds is 5. The van der Waals surface area contributed by atoms with Crippen molar-refractivity contribution in [2.75, 3.05) is 11.4 Å². The van der Waals surface area contributed by atoms with Gasteiger partial charge in [0.15, 0.2) is 6.10 Å². The van der Waals surface area contributed by atoms with Crippen LogP contribution in [0.4, 0.5) is 5.69 Å². The third-order valence-electron chi connectivity index (χ3n) is 5.51. The van der Waals surface area contributed by atoms with Gasteiger partial charge in [-0.3, -0.25) is 14.4 Å². The summed E-state index contributed by atoms with van der Waals surface area (Å²) in [4.78, 5) is 39.2. The Bertz CT molecular complexity index is 1160. The number of amides is 2. The third-order valence-corrected chi connectivity index (χ3v) is 5.51. The number of nitrogens with zero attached hydrogens (tertiary/aromatic N) is 1. The average molecular weight is 416 g/mol. The second kappa shape index (κ2) is 8.60. The number of hydrogen-bond acceptors (Lipinski definition) is 4. The maximum Gasteiger partial charge on any atom is 0.326 e. The zero-order valence-corrected chi connectivity index (χ0v) is 17.5. The molecule has 2 amide bonds. The molecule has 0 unspecified atom stereocenters. The molecule has 6 nitrogen and oxygen atoms in total. The second-order valence-electron chi connectivity index (χ2n) is 7.77. The highest BCUT2D eigenvalue weighted by molar-refractivity contribution is 6.01. The Kier molecular flexibility index (Phi) is 5.71. The lowest BCUT2D eigenvalue weighted by molar-refractivity contribution is -0.152. The summed E-state index contributed by atoms with van der Waals surface area (Å²) in [6, 6.07) is 20.8. The van der Waals surface area contributed by atoms with E-state index >= 15 is 0 Å². The van der Waals surface area contributed by atoms with Crippen molar-refractivity contribution in [3.05, 3.63) is 77.9 Å². The minimum Gasteiger partial charge on any atom is -0.451 e. The van der Waals surface area contributed by atoms with Crippen LogP contribution in [0.15, 0.2) is 66.7 Å². The summed E-state index contributed by atoms with van der Waals surface area (Å²) in [5.41, 5.74) is 2.41. The Labute approximate surface area is 180 Å². The molecule has 0 aliphatic carbocycles. The van der Waals surface area contributed by atoms with Crippen LogP contribution in [0, 0.1) is 0 Å². The van der Waals surface area contributed by atoms with E-state index in [9.17, 15) is 14.4 Å². The van der Waals surface area contributed by atoms with E-state index in [1.807, 2.05) is 61.5 Å². The lowest BCUT2D eigenvalue weighted by Gasteiger charge is -2.26. The van der Waals surface area contributed by atoms with E-state index in [1.165, 1.54) is 0 Å². The first-order valence-electron chi connectivity index (χ1n) is 10.3. The third kappa shape index (κ3) is 4.28. The standard InChI is InChI=1S/C25H24N2O4/c1-16-13-20-9-5-6-10-22(20)27(16)25(30)17(2)31-23(28)15-26-24(29)21-12-11-18-7-3-4-8-19(18)14-21/h3-12,14,16-17H,13,15H2,1-2H3,(H,26,29)/t16-,17-/m1/s1. The van der Waals surface area contributed by atoms with Crippen LogP contribution >= 0.6 is 0 Å². The monoisotopic (exact) mass is 416 g/mol. The van der Waals surface area contributed by atoms with Gasteiger partial charge in [0.25, 0.3) is 11.8 Å². The van der Waals surface area contributed by atoms with E-state index in [2.05, 4.69) is 5.32 Å². The van der Waals surface area contributed by atoms with Gasteiger partial charge in [0, 0.05) is 17.3 Å². The Morgan fingerprint density at radius 1 is 1.03 bits per heavy atom. The Morgan fingerprint density at radius 3 is 2.55 bits per heavy atom. The molecule has 31 heavy (non-hydrogen) atoms. The summed E-state index contributed by atoms with van der Waals surface area (Å²) in [5, 5.41) is 4.54. The fourth-order valence-electron chi connectivity index (χ4n) is 3.97. The molecular weight excluding hydrogens is 392 g/mol. The highest BCUT2D eigenvalue weighted by atomic mass is 16.5. The molecule has 0 radical (unpaired) electrons. The van der Waals surface area contributed by atoms with Crippen LogP contribution in [0.1, 0.15) is 29.8 Å². The van der Waals surface area contributed by atoms with Crippen LogP contribution in [-0.4, -0.2) is 36.5 Å². The Hall–Kier alpha value is -3.67. The first-order valence-corrected chi connectivity index (χ1v) is 10.3. The zero-order chi connectivity index (χ0) is 22.0. The predicted molar refractivity (Wildman–Crippen MR) is 119 cm³/mol. The smallest absolute Gasteiger partial charge is 0.326 e. The normalized spacial score (nSPS) is 15.9. The molecule has 0 aromatic heterocycles. The number of anilines is 1. The van der Waals surface area contributed by atoms with Crippen LogP contribution in [0.2, 0.25) is 0 Å². The van der Waals surface area contributed by atoms with E-state index < -0.39 is 12.1 Å². The quantitative estimate of drug-likeness (QED) is 0.646. The van der Waals surface area contributed by atoms with Crippen LogP contribution in [0.5, 0.6) is 0 Å². The summed E-state index contributed by atoms with van der Waals surface area (Å²) < 4.78 is 5.30. The molecule has 0 bridgehead atoms. The molecule has 1 N–H and O–H groups in total. The first kappa shape index (κ1) is 20.6. The van der Waals surface area contributed by atoms with E-state index in [1.54, 1.807) is 24.0 Å². The van der Waals surface area contributed by atoms with Gasteiger partial charge < -0.3 is 15.0 Å². The van der Waals surface area contributed by atoms with Crippen LogP contribution in [-0.2, 0) is 20.7 Å². The van der Waals surface area contributed by atoms with Crippen LogP contribution in [0.3, 0.4) is 0 Å². The number of esters is 1. The highest BCUT2D eigenvalue weighted by Crippen LogP contribution is 2.32. The minimum absolute atomic E-state index is 0.00124. The number of hydrogen-bond donors (Lipinski definition) is 1. The van der Waals surface area contributed by atoms with E-state index in [0.29, 0.717) is 5.56 Å². The SMILES string of the molecule is C[C@@H]1Cc2ccccc2N1C(=O)[C@@H](C)OC(=O)CNC(=O)c1ccc2ccccc2c1. The highest BCUT2D eigenvalue weighted by Gasteiger charge is 2.34. The summed E-state index contributed by atoms with van der Waals surface area (Å²) >= 11 is 0. The fourth-order valence-corrected chi connectivity index (χ4v) is 3.97. The molecule has 0 spiro atoms. The predicted octanol–water partition coefficient (Wildman–Crippen LogP) is 3.48. The number of nitrogens with one attached hydrogen (secondary N) is 1. The number of fused-ring (bicyclic) bond motifs is 2. The maximum atomic E-state index is 12.9. The van der Waals surface area contributed by atoms with Crippen molar-refractivity contribution in [1.29, 1.82) is 0 Å². The van der Waals surface area contributed by atoms with Gasteiger partial charge in [0.05, 0.1) is 0 Å². The maximum absolute atomic E-state index is 12.9. The molecule has 1 heterocycles. The molecule has 4 rings (SSSR count). The fraction of sp³-hybridized carbons (Fsp3) is 0.240. The van der Waals surface area contributed by atoms with Crippen molar-refractivity contribution < 1.29 is 19.1 Å². The minimum atomic E-state index is -0.946. The van der Waals surface area contributed by atoms with Gasteiger partial charge in [-0.05, 0) is 54.8 Å². The van der Waals surface area contributed by atoms with Crippen molar-refractivity contribution >= 4 is 34.2 Å². The first-order chi connectivity index (χ1) is 14.9. The Morgan fingerprint density at radius 2 is 1.74 bits per heavy atom. The van der Waals surface area contributed by atoms with Crippen molar-refractivity contribution in [2.24, 2.45) is 0 Å². The van der Waals surface area contributed by atoms with Gasteiger partial charge in [-0.1, -0.05) is 48.5 Å².